The molecule has 4 heterocycles. The van der Waals surface area contributed by atoms with Crippen LogP contribution in [-0.2, 0) is 169 Å². The van der Waals surface area contributed by atoms with Crippen molar-refractivity contribution in [2.45, 2.75) is 196 Å². The van der Waals surface area contributed by atoms with E-state index >= 15 is 0 Å². The van der Waals surface area contributed by atoms with E-state index in [4.69, 9.17) is 37.9 Å². The van der Waals surface area contributed by atoms with Crippen LogP contribution in [0, 0.1) is 0 Å². The first-order valence-electron chi connectivity index (χ1n) is 23.3. The Morgan fingerprint density at radius 2 is 0.436 bits per heavy atom. The number of hydrogen-bond donors (Lipinski definition) is 0. The third kappa shape index (κ3) is 41.0. The van der Waals surface area contributed by atoms with E-state index in [1.807, 2.05) is 6.92 Å². The van der Waals surface area contributed by atoms with Crippen LogP contribution in [0.25, 0.3) is 0 Å². The number of hydrogen-bond acceptors (Lipinski definition) is 44. The van der Waals surface area contributed by atoms with Crippen molar-refractivity contribution in [2.75, 3.05) is 6.61 Å². The zero-order chi connectivity index (χ0) is 65.0. The van der Waals surface area contributed by atoms with Crippen molar-refractivity contribution >= 4 is 93.6 Å². The molecule has 0 aromatic carbocycles. The smallest absolute Gasteiger partial charge is 0.726 e. The molecule has 0 amide bonds. The second kappa shape index (κ2) is 47.0. The van der Waals surface area contributed by atoms with Crippen LogP contribution in [0.4, 0.5) is 0 Å². The van der Waals surface area contributed by atoms with Gasteiger partial charge in [0.05, 0.1) is 24.4 Å². The predicted molar refractivity (Wildman–Crippen MR) is 242 cm³/mol. The Morgan fingerprint density at radius 3 is 0.681 bits per heavy atom. The first-order valence-corrected chi connectivity index (χ1v) is 35.3. The van der Waals surface area contributed by atoms with Crippen LogP contribution in [-0.4, -0.2) is 246 Å². The number of ether oxygens (including phenoxy) is 8. The Labute approximate surface area is 741 Å². The van der Waals surface area contributed by atoms with E-state index in [9.17, 15) is 117 Å². The van der Waals surface area contributed by atoms with Crippen LogP contribution < -0.4 is 266 Å². The molecule has 0 bridgehead atoms. The van der Waals surface area contributed by atoms with E-state index < -0.39 is 216 Å². The molecule has 0 spiro atoms. The van der Waals surface area contributed by atoms with Crippen molar-refractivity contribution in [3.8, 4) is 0 Å². The fourth-order valence-corrected chi connectivity index (χ4v) is 13.1. The first-order chi connectivity index (χ1) is 38.3. The van der Waals surface area contributed by atoms with Crippen LogP contribution in [0.2, 0.25) is 0 Å². The summed E-state index contributed by atoms with van der Waals surface area (Å²) in [6, 6.07) is 0. The van der Waals surface area contributed by atoms with Gasteiger partial charge in [-0.15, -0.1) is 0 Å². The van der Waals surface area contributed by atoms with Crippen molar-refractivity contribution in [2.24, 2.45) is 0 Å². The Balaban J connectivity index is -0.00000215. The quantitative estimate of drug-likeness (QED) is 0.0261. The Morgan fingerprint density at radius 1 is 0.255 bits per heavy atom. The summed E-state index contributed by atoms with van der Waals surface area (Å²) in [5.41, 5.74) is 0. The van der Waals surface area contributed by atoms with Crippen LogP contribution in [0.5, 0.6) is 0 Å². The molecule has 4 saturated heterocycles. The summed E-state index contributed by atoms with van der Waals surface area (Å²) in [6.07, 6.45) is -52.7. The van der Waals surface area contributed by atoms with Crippen molar-refractivity contribution in [3.05, 3.63) is 0 Å². The summed E-state index contributed by atoms with van der Waals surface area (Å²) in [4.78, 5) is 0. The topological polar surface area (TPSA) is 672 Å². The monoisotopic (exact) mass is 1630 g/mol. The summed E-state index contributed by atoms with van der Waals surface area (Å²) in [5, 5.41) is 0. The molecule has 0 N–H and O–H groups in total. The van der Waals surface area contributed by atoms with E-state index in [0.717, 1.165) is 26.2 Å². The minimum Gasteiger partial charge on any atom is -0.726 e. The van der Waals surface area contributed by atoms with Crippen LogP contribution in [0.1, 0.15) is 73.1 Å². The van der Waals surface area contributed by atoms with E-state index in [-0.39, 0.29) is 279 Å². The maximum absolute atomic E-state index is 12.4. The molecule has 0 aromatic heterocycles. The fourth-order valence-electron chi connectivity index (χ4n) is 8.67. The van der Waals surface area contributed by atoms with Gasteiger partial charge in [-0.2, -0.15) is 0 Å². The third-order valence-electron chi connectivity index (χ3n) is 11.6. The van der Waals surface area contributed by atoms with Gasteiger partial charge in [0.15, 0.2) is 49.6 Å². The van der Waals surface area contributed by atoms with Gasteiger partial charge >= 0.3 is 266 Å². The van der Waals surface area contributed by atoms with Gasteiger partial charge in [-0.1, -0.05) is 39.0 Å². The van der Waals surface area contributed by atoms with Crippen molar-refractivity contribution in [1.29, 1.82) is 0 Å². The maximum atomic E-state index is 12.4. The van der Waals surface area contributed by atoms with Crippen LogP contribution in [0.15, 0.2) is 0 Å². The summed E-state index contributed by atoms with van der Waals surface area (Å²) in [7, 11) is -56.9. The molecule has 0 unspecified atom stereocenters. The van der Waals surface area contributed by atoms with Gasteiger partial charge in [0.1, 0.15) is 48.8 Å². The summed E-state index contributed by atoms with van der Waals surface area (Å²) >= 11 is 0. The molecule has 4 aliphatic rings. The SMILES string of the molecule is CCCCCCCCO[C@H]1O[C@@H](C)[C@@H](O[C@@H]2O[C@@H](C)[C@@H](O[C@@H]3O[C@@H](C)[C@@H](O[C@@H]4O[C@@H](C)[C@@H](OS(=O)(=O)[O-])[C@@H](OS(=O)(=O)[O-])[C@@H]4OS(=O)(=O)[O-])[C@@H](OS(=O)(=O)[O-])[C@@H]3OS(=O)(=O)[O-])[C@@H](OS(=O)(=O)[O-])[C@@H]2OS(=O)(=O)[O-])[C@@H](OS(=O)(=O)[O-])[C@@H]1OS(=O)(=O)[O-].[Na+].[Na+].[Na+].[Na+].[Na+].[Na+].[Na+].[Na+].[Na+]. The van der Waals surface area contributed by atoms with Crippen molar-refractivity contribution in [1.82, 2.24) is 0 Å². The molecule has 4 rings (SSSR count). The van der Waals surface area contributed by atoms with Gasteiger partial charge in [-0.3, -0.25) is 37.6 Å². The molecular formula is C32H49Na9O44S9. The van der Waals surface area contributed by atoms with E-state index in [1.165, 1.54) is 0 Å². The molecule has 0 aromatic rings. The normalized spacial score (nSPS) is 32.0. The summed E-state index contributed by atoms with van der Waals surface area (Å²) in [6.45, 7) is 4.34. The molecule has 0 aliphatic carbocycles. The van der Waals surface area contributed by atoms with E-state index in [0.29, 0.717) is 33.6 Å². The second-order valence-electron chi connectivity index (χ2n) is 18.0. The molecule has 44 nitrogen and oxygen atoms in total. The number of unbranched alkanes of at least 4 members (excludes halogenated alkanes) is 5. The van der Waals surface area contributed by atoms with Crippen molar-refractivity contribution < 1.29 is 458 Å². The standard InChI is InChI=1S/C32H58O44S9.9Na/c1-6-7-8-9-10-11-12-60-29-25(73-82(48,49)50)21(69-78(36,37)38)17(13(2)61-29)65-30-26(74-83(51,52)53)22(70-79(39,40)41)18(14(3)62-30)66-31-27(75-84(54,55)56)23(71-80(42,43)44)19(15(4)63-31)67-32-28(76-85(57,58)59)24(72-81(45,46)47)20(16(5)64-32)68-77(33,34)35;;;;;;;;;/h13-32H,6-12H2,1-5H3,(H,33,34,35)(H,36,37,38)(H,39,40,41)(H,42,43,44)(H,45,46,47)(H,48,49,50)(H,51,52,53)(H,54,55,56)(H,57,58,59);;;;;;;;;/q;9*+1/p-9/t13-,14-,15-,16-,17+,18+,19+,20+,21+,22+,23+,24+,25-,26-,27-,28-,29-,30-,31-,32-;;;;;;;;;/m0........./s1. The van der Waals surface area contributed by atoms with E-state index in [1.54, 1.807) is 0 Å². The van der Waals surface area contributed by atoms with Crippen LogP contribution >= 0.6 is 0 Å². The molecular weight excluding hydrogens is 1580 g/mol. The molecule has 20 atom stereocenters. The average Bonchev–Trinajstić information content (AvgIpc) is 0.776. The Hall–Kier alpha value is 7.51. The first kappa shape index (κ1) is 112. The second-order valence-corrected chi connectivity index (χ2v) is 27.1. The molecule has 4 fully saturated rings. The summed E-state index contributed by atoms with van der Waals surface area (Å²) in [5.74, 6) is 0. The molecule has 94 heavy (non-hydrogen) atoms. The zero-order valence-corrected chi connectivity index (χ0v) is 77.5. The minimum atomic E-state index is -6.51. The van der Waals surface area contributed by atoms with Gasteiger partial charge in [0.2, 0.25) is 93.6 Å². The minimum absolute atomic E-state index is 0. The van der Waals surface area contributed by atoms with Gasteiger partial charge in [0.25, 0.3) is 0 Å². The summed E-state index contributed by atoms with van der Waals surface area (Å²) < 4.78 is 409. The molecule has 62 heteroatoms. The molecule has 0 radical (unpaired) electrons. The van der Waals surface area contributed by atoms with E-state index in [2.05, 4.69) is 37.6 Å². The van der Waals surface area contributed by atoms with Gasteiger partial charge in [-0.05, 0) is 34.1 Å². The van der Waals surface area contributed by atoms with Crippen molar-refractivity contribution in [3.63, 3.8) is 0 Å². The van der Waals surface area contributed by atoms with Gasteiger partial charge < -0.3 is 78.9 Å². The van der Waals surface area contributed by atoms with Gasteiger partial charge in [-0.25, -0.2) is 75.8 Å². The average molecular weight is 1630 g/mol. The Bertz CT molecular complexity index is 3330. The fraction of sp³-hybridized carbons (Fsp3) is 1.00. The van der Waals surface area contributed by atoms with Gasteiger partial charge in [0, 0.05) is 6.61 Å². The molecule has 504 valence electrons. The zero-order valence-electron chi connectivity index (χ0n) is 52.1. The molecule has 4 aliphatic heterocycles. The largest absolute Gasteiger partial charge is 1.00 e. The molecule has 0 saturated carbocycles. The maximum Gasteiger partial charge on any atom is 1.00 e. The Kier molecular flexibility index (Phi) is 56.2. The third-order valence-corrected chi connectivity index (χ3v) is 15.7. The number of rotatable bonds is 32. The van der Waals surface area contributed by atoms with Crippen LogP contribution in [0.3, 0.4) is 0 Å². The predicted octanol–water partition coefficient (Wildman–Crippen LogP) is -33.9.